The van der Waals surface area contributed by atoms with Crippen molar-refractivity contribution in [2.45, 2.75) is 232 Å². The van der Waals surface area contributed by atoms with Crippen molar-refractivity contribution in [1.29, 1.82) is 0 Å². The van der Waals surface area contributed by atoms with Gasteiger partial charge in [0.1, 0.15) is 13.1 Å². The van der Waals surface area contributed by atoms with Gasteiger partial charge in [-0.2, -0.15) is 16.8 Å². The Bertz CT molecular complexity index is 990. The predicted molar refractivity (Wildman–Crippen MR) is 243 cm³/mol. The van der Waals surface area contributed by atoms with Crippen molar-refractivity contribution in [2.75, 3.05) is 64.9 Å². The quantitative estimate of drug-likeness (QED) is 0.0359. The minimum Gasteiger partial charge on any atom is -0.321 e. The summed E-state index contributed by atoms with van der Waals surface area (Å²) in [4.78, 5) is 0. The highest BCUT2D eigenvalue weighted by molar-refractivity contribution is 7.86. The van der Waals surface area contributed by atoms with E-state index in [2.05, 4.69) is 27.9 Å². The zero-order chi connectivity index (χ0) is 41.7. The molecule has 0 aromatic heterocycles. The molecule has 0 radical (unpaired) electrons. The van der Waals surface area contributed by atoms with Crippen molar-refractivity contribution in [3.8, 4) is 0 Å². The van der Waals surface area contributed by atoms with Crippen molar-refractivity contribution in [1.82, 2.24) is 0 Å². The summed E-state index contributed by atoms with van der Waals surface area (Å²) in [6, 6.07) is 0. The summed E-state index contributed by atoms with van der Waals surface area (Å²) < 4.78 is 66.6. The van der Waals surface area contributed by atoms with E-state index in [9.17, 15) is 25.9 Å². The molecule has 0 saturated heterocycles. The minimum atomic E-state index is -4.00. The van der Waals surface area contributed by atoms with Gasteiger partial charge < -0.3 is 8.97 Å². The zero-order valence-corrected chi connectivity index (χ0v) is 39.6. The third-order valence-electron chi connectivity index (χ3n) is 12.5. The summed E-state index contributed by atoms with van der Waals surface area (Å²) in [5.74, 6) is -0.418. The summed E-state index contributed by atoms with van der Waals surface area (Å²) in [6.45, 7) is 9.67. The minimum absolute atomic E-state index is 0.209. The number of nitrogens with zero attached hydrogens (tertiary/aromatic N) is 2. The molecule has 0 aromatic rings. The summed E-state index contributed by atoms with van der Waals surface area (Å²) in [7, 11) is -3.54. The van der Waals surface area contributed by atoms with Crippen molar-refractivity contribution in [3.05, 3.63) is 0 Å². The third kappa shape index (κ3) is 40.5. The van der Waals surface area contributed by atoms with Crippen LogP contribution in [0.3, 0.4) is 0 Å². The van der Waals surface area contributed by atoms with Gasteiger partial charge in [0.25, 0.3) is 20.2 Å². The summed E-state index contributed by atoms with van der Waals surface area (Å²) in [6.07, 6.45) is 43.5. The molecule has 2 N–H and O–H groups in total. The van der Waals surface area contributed by atoms with Gasteiger partial charge in [-0.3, -0.25) is 9.11 Å². The van der Waals surface area contributed by atoms with Crippen LogP contribution in [-0.4, -0.2) is 99.8 Å². The lowest BCUT2D eigenvalue weighted by molar-refractivity contribution is -0.964. The standard InChI is InChI=1S/C46H96N2O6S2/c1-5-7-9-11-13-15-17-19-21-23-25-27-29-31-33-35-39-47(3,41-37-45-55(49,50)51)43-44-48(4,42-38-46-56(52,53)54)40-36-34-32-30-28-26-24-22-20-18-16-14-12-10-8-6-2/h5-46H2,1-4H3/p+2. The Balaban J connectivity index is 4.64. The Kier molecular flexibility index (Phi) is 36.4. The number of likely N-dealkylation sites (N-methyl/N-ethyl adjacent to an activating group) is 2. The smallest absolute Gasteiger partial charge is 0.265 e. The van der Waals surface area contributed by atoms with Crippen LogP contribution in [0.2, 0.25) is 0 Å². The molecule has 0 aliphatic rings. The number of rotatable bonds is 45. The molecule has 8 nitrogen and oxygen atoms in total. The second kappa shape index (κ2) is 36.6. The van der Waals surface area contributed by atoms with Crippen LogP contribution in [0.15, 0.2) is 0 Å². The highest BCUT2D eigenvalue weighted by atomic mass is 32.2. The Morgan fingerprint density at radius 3 is 0.661 bits per heavy atom. The van der Waals surface area contributed by atoms with Crippen molar-refractivity contribution in [2.24, 2.45) is 0 Å². The van der Waals surface area contributed by atoms with Gasteiger partial charge in [-0.05, 0) is 25.7 Å². The molecule has 56 heavy (non-hydrogen) atoms. The number of unbranched alkanes of at least 4 members (excludes halogenated alkanes) is 30. The first-order valence-electron chi connectivity index (χ1n) is 24.3. The molecule has 0 aliphatic carbocycles. The fraction of sp³-hybridized carbons (Fsp3) is 1.00. The van der Waals surface area contributed by atoms with Crippen LogP contribution in [0, 0.1) is 0 Å². The molecule has 2 unspecified atom stereocenters. The SMILES string of the molecule is CCCCCCCCCCCCCCCCCC[N+](C)(CCCS(=O)(=O)O)CC[N+](C)(CCCCCCCCCCCCCCCCCC)CCCS(=O)(=O)O. The molecular formula is C46H98N2O6S2+2. The second-order valence-electron chi connectivity index (χ2n) is 18.5. The van der Waals surface area contributed by atoms with Gasteiger partial charge >= 0.3 is 0 Å². The lowest BCUT2D eigenvalue weighted by Crippen LogP contribution is -2.56. The Morgan fingerprint density at radius 2 is 0.464 bits per heavy atom. The lowest BCUT2D eigenvalue weighted by atomic mass is 10.0. The van der Waals surface area contributed by atoms with Crippen LogP contribution in [0.5, 0.6) is 0 Å². The maximum absolute atomic E-state index is 11.6. The van der Waals surface area contributed by atoms with E-state index in [-0.39, 0.29) is 11.5 Å². The zero-order valence-electron chi connectivity index (χ0n) is 37.9. The van der Waals surface area contributed by atoms with E-state index in [1.54, 1.807) is 0 Å². The van der Waals surface area contributed by atoms with E-state index in [0.717, 1.165) is 48.0 Å². The van der Waals surface area contributed by atoms with Gasteiger partial charge in [0, 0.05) is 12.8 Å². The summed E-state index contributed by atoms with van der Waals surface area (Å²) >= 11 is 0. The molecule has 0 heterocycles. The molecule has 0 fully saturated rings. The average Bonchev–Trinajstić information content (AvgIpc) is 3.13. The monoisotopic (exact) mass is 839 g/mol. The van der Waals surface area contributed by atoms with E-state index >= 15 is 0 Å². The van der Waals surface area contributed by atoms with E-state index < -0.39 is 20.2 Å². The first kappa shape index (κ1) is 55.7. The van der Waals surface area contributed by atoms with Gasteiger partial charge in [0.15, 0.2) is 0 Å². The molecule has 0 spiro atoms. The van der Waals surface area contributed by atoms with Gasteiger partial charge in [0.05, 0.1) is 51.8 Å². The molecular weight excluding hydrogens is 741 g/mol. The van der Waals surface area contributed by atoms with E-state index in [1.165, 1.54) is 193 Å². The van der Waals surface area contributed by atoms with E-state index in [1.807, 2.05) is 0 Å². The molecule has 0 rings (SSSR count). The molecule has 0 aliphatic heterocycles. The van der Waals surface area contributed by atoms with Crippen LogP contribution < -0.4 is 0 Å². The highest BCUT2D eigenvalue weighted by Crippen LogP contribution is 2.19. The van der Waals surface area contributed by atoms with Gasteiger partial charge in [-0.15, -0.1) is 0 Å². The first-order chi connectivity index (χ1) is 26.7. The summed E-state index contributed by atoms with van der Waals surface area (Å²) in [5.41, 5.74) is 0. The molecule has 0 aromatic carbocycles. The normalized spacial score (nSPS) is 14.6. The highest BCUT2D eigenvalue weighted by Gasteiger charge is 2.29. The Morgan fingerprint density at radius 1 is 0.286 bits per heavy atom. The molecule has 0 bridgehead atoms. The number of quaternary nitrogens is 2. The van der Waals surface area contributed by atoms with E-state index in [4.69, 9.17) is 0 Å². The lowest BCUT2D eigenvalue weighted by Gasteiger charge is -2.40. The second-order valence-corrected chi connectivity index (χ2v) is 21.6. The third-order valence-corrected chi connectivity index (χ3v) is 14.1. The van der Waals surface area contributed by atoms with Crippen LogP contribution >= 0.6 is 0 Å². The van der Waals surface area contributed by atoms with Crippen LogP contribution in [0.4, 0.5) is 0 Å². The van der Waals surface area contributed by atoms with Crippen molar-refractivity contribution >= 4 is 20.2 Å². The fourth-order valence-electron chi connectivity index (χ4n) is 8.49. The Hall–Kier alpha value is -0.260. The van der Waals surface area contributed by atoms with Crippen LogP contribution in [-0.2, 0) is 20.2 Å². The maximum Gasteiger partial charge on any atom is 0.265 e. The van der Waals surface area contributed by atoms with E-state index in [0.29, 0.717) is 25.9 Å². The number of hydrogen-bond acceptors (Lipinski definition) is 4. The van der Waals surface area contributed by atoms with Gasteiger partial charge in [-0.1, -0.05) is 194 Å². The largest absolute Gasteiger partial charge is 0.321 e. The van der Waals surface area contributed by atoms with Crippen molar-refractivity contribution < 1.29 is 34.9 Å². The predicted octanol–water partition coefficient (Wildman–Crippen LogP) is 13.0. The number of hydrogen-bond donors (Lipinski definition) is 2. The van der Waals surface area contributed by atoms with Crippen LogP contribution in [0.1, 0.15) is 232 Å². The van der Waals surface area contributed by atoms with Crippen LogP contribution in [0.25, 0.3) is 0 Å². The van der Waals surface area contributed by atoms with Gasteiger partial charge in [-0.25, -0.2) is 0 Å². The fourth-order valence-corrected chi connectivity index (χ4v) is 9.48. The maximum atomic E-state index is 11.6. The molecule has 0 saturated carbocycles. The van der Waals surface area contributed by atoms with Crippen molar-refractivity contribution in [3.63, 3.8) is 0 Å². The molecule has 10 heteroatoms. The average molecular weight is 839 g/mol. The summed E-state index contributed by atoms with van der Waals surface area (Å²) in [5, 5.41) is 0. The molecule has 2 atom stereocenters. The molecule has 0 amide bonds. The Labute approximate surface area is 350 Å². The molecule has 338 valence electrons. The van der Waals surface area contributed by atoms with Gasteiger partial charge in [0.2, 0.25) is 0 Å². The first-order valence-corrected chi connectivity index (χ1v) is 27.5. The topological polar surface area (TPSA) is 109 Å².